The minimum Gasteiger partial charge on any atom is -0.343 e. The summed E-state index contributed by atoms with van der Waals surface area (Å²) < 4.78 is 6.60. The number of rotatable bonds is 5. The van der Waals surface area contributed by atoms with Crippen molar-refractivity contribution < 1.29 is 9.32 Å². The maximum absolute atomic E-state index is 11.8. The van der Waals surface area contributed by atoms with Crippen LogP contribution in [0.5, 0.6) is 0 Å². The monoisotopic (exact) mass is 262 g/mol. The number of nitrogens with one attached hydrogen (secondary N) is 1. The molecule has 1 aliphatic rings. The zero-order valence-corrected chi connectivity index (χ0v) is 10.5. The Labute approximate surface area is 109 Å². The molecule has 1 amide bonds. The molecule has 2 aromatic rings. The standard InChI is InChI=1S/C11H14N6O2/c1-7(11-14-10(15-19-11)8-2-3-8)13-9(18)6-17-5-4-12-16-17/h4-5,7-8H,2-3,6H2,1H3,(H,13,18)/t7-/m0/s1. The van der Waals surface area contributed by atoms with Crippen LogP contribution in [0, 0.1) is 0 Å². The van der Waals surface area contributed by atoms with Crippen LogP contribution in [0.1, 0.15) is 43.4 Å². The van der Waals surface area contributed by atoms with Gasteiger partial charge in [-0.15, -0.1) is 5.10 Å². The number of carbonyl (C=O) groups is 1. The van der Waals surface area contributed by atoms with Gasteiger partial charge in [-0.25, -0.2) is 4.68 Å². The molecule has 1 N–H and O–H groups in total. The fraction of sp³-hybridized carbons (Fsp3) is 0.545. The highest BCUT2D eigenvalue weighted by atomic mass is 16.5. The van der Waals surface area contributed by atoms with E-state index < -0.39 is 0 Å². The molecule has 2 heterocycles. The number of amides is 1. The molecule has 0 saturated heterocycles. The highest BCUT2D eigenvalue weighted by Gasteiger charge is 2.29. The molecule has 0 spiro atoms. The summed E-state index contributed by atoms with van der Waals surface area (Å²) in [6.45, 7) is 1.93. The van der Waals surface area contributed by atoms with Gasteiger partial charge in [0, 0.05) is 12.1 Å². The van der Waals surface area contributed by atoms with Crippen molar-refractivity contribution in [2.75, 3.05) is 0 Å². The van der Waals surface area contributed by atoms with E-state index in [2.05, 4.69) is 25.8 Å². The molecule has 1 fully saturated rings. The molecular weight excluding hydrogens is 248 g/mol. The summed E-state index contributed by atoms with van der Waals surface area (Å²) in [5, 5.41) is 14.1. The molecule has 1 saturated carbocycles. The summed E-state index contributed by atoms with van der Waals surface area (Å²) in [6.07, 6.45) is 5.39. The van der Waals surface area contributed by atoms with Gasteiger partial charge in [0.2, 0.25) is 11.8 Å². The van der Waals surface area contributed by atoms with E-state index in [0.29, 0.717) is 11.8 Å². The van der Waals surface area contributed by atoms with Gasteiger partial charge < -0.3 is 9.84 Å². The van der Waals surface area contributed by atoms with Crippen LogP contribution in [0.4, 0.5) is 0 Å². The third-order valence-electron chi connectivity index (χ3n) is 2.93. The molecule has 100 valence electrons. The second-order valence-electron chi connectivity index (χ2n) is 4.65. The Bertz CT molecular complexity index is 560. The summed E-state index contributed by atoms with van der Waals surface area (Å²) >= 11 is 0. The molecule has 0 unspecified atom stereocenters. The molecular formula is C11H14N6O2. The molecule has 19 heavy (non-hydrogen) atoms. The van der Waals surface area contributed by atoms with Crippen molar-refractivity contribution in [3.8, 4) is 0 Å². The van der Waals surface area contributed by atoms with Crippen molar-refractivity contribution >= 4 is 5.91 Å². The van der Waals surface area contributed by atoms with E-state index in [1.165, 1.54) is 10.9 Å². The maximum atomic E-state index is 11.8. The van der Waals surface area contributed by atoms with Gasteiger partial charge in [0.1, 0.15) is 12.6 Å². The van der Waals surface area contributed by atoms with Crippen LogP contribution in [-0.2, 0) is 11.3 Å². The number of hydrogen-bond acceptors (Lipinski definition) is 6. The fourth-order valence-corrected chi connectivity index (χ4v) is 1.74. The van der Waals surface area contributed by atoms with E-state index in [1.807, 2.05) is 6.92 Å². The largest absolute Gasteiger partial charge is 0.343 e. The van der Waals surface area contributed by atoms with Gasteiger partial charge in [-0.05, 0) is 19.8 Å². The predicted molar refractivity (Wildman–Crippen MR) is 62.9 cm³/mol. The first-order chi connectivity index (χ1) is 9.22. The lowest BCUT2D eigenvalue weighted by Crippen LogP contribution is -2.30. The molecule has 8 heteroatoms. The molecule has 8 nitrogen and oxygen atoms in total. The first-order valence-corrected chi connectivity index (χ1v) is 6.19. The van der Waals surface area contributed by atoms with Crippen LogP contribution in [-0.4, -0.2) is 31.0 Å². The number of nitrogens with zero attached hydrogens (tertiary/aromatic N) is 5. The lowest BCUT2D eigenvalue weighted by atomic mass is 10.3. The Balaban J connectivity index is 1.57. The van der Waals surface area contributed by atoms with E-state index in [0.717, 1.165) is 18.7 Å². The minimum absolute atomic E-state index is 0.119. The average Bonchev–Trinajstić information content (AvgIpc) is 2.91. The first kappa shape index (κ1) is 11.8. The number of aromatic nitrogens is 5. The van der Waals surface area contributed by atoms with Crippen LogP contribution in [0.15, 0.2) is 16.9 Å². The normalized spacial score (nSPS) is 16.3. The Hall–Kier alpha value is -2.25. The molecule has 1 aliphatic carbocycles. The fourth-order valence-electron chi connectivity index (χ4n) is 1.74. The van der Waals surface area contributed by atoms with Crippen molar-refractivity contribution in [2.24, 2.45) is 0 Å². The van der Waals surface area contributed by atoms with Crippen LogP contribution >= 0.6 is 0 Å². The average molecular weight is 262 g/mol. The van der Waals surface area contributed by atoms with E-state index in [4.69, 9.17) is 4.52 Å². The van der Waals surface area contributed by atoms with E-state index >= 15 is 0 Å². The van der Waals surface area contributed by atoms with Crippen LogP contribution in [0.3, 0.4) is 0 Å². The molecule has 0 radical (unpaired) electrons. The summed E-state index contributed by atoms with van der Waals surface area (Å²) in [7, 11) is 0. The summed E-state index contributed by atoms with van der Waals surface area (Å²) in [5.74, 6) is 1.45. The molecule has 2 aromatic heterocycles. The Morgan fingerprint density at radius 3 is 3.16 bits per heavy atom. The van der Waals surface area contributed by atoms with Gasteiger partial charge in [0.15, 0.2) is 5.82 Å². The zero-order valence-electron chi connectivity index (χ0n) is 10.5. The Morgan fingerprint density at radius 1 is 1.63 bits per heavy atom. The second kappa shape index (κ2) is 4.79. The molecule has 3 rings (SSSR count). The van der Waals surface area contributed by atoms with Gasteiger partial charge in [-0.2, -0.15) is 4.98 Å². The topological polar surface area (TPSA) is 98.7 Å². The Morgan fingerprint density at radius 2 is 2.47 bits per heavy atom. The van der Waals surface area contributed by atoms with Crippen molar-refractivity contribution in [3.05, 3.63) is 24.1 Å². The molecule has 0 aromatic carbocycles. The van der Waals surface area contributed by atoms with Gasteiger partial charge >= 0.3 is 0 Å². The highest BCUT2D eigenvalue weighted by molar-refractivity contribution is 5.75. The second-order valence-corrected chi connectivity index (χ2v) is 4.65. The summed E-state index contributed by atoms with van der Waals surface area (Å²) in [6, 6.07) is -0.309. The third kappa shape index (κ3) is 2.78. The number of carbonyl (C=O) groups excluding carboxylic acids is 1. The quantitative estimate of drug-likeness (QED) is 0.838. The van der Waals surface area contributed by atoms with Gasteiger partial charge in [0.25, 0.3) is 0 Å². The van der Waals surface area contributed by atoms with Crippen LogP contribution in [0.25, 0.3) is 0 Å². The van der Waals surface area contributed by atoms with Gasteiger partial charge in [-0.1, -0.05) is 10.4 Å². The minimum atomic E-state index is -0.309. The lowest BCUT2D eigenvalue weighted by Gasteiger charge is -2.09. The third-order valence-corrected chi connectivity index (χ3v) is 2.93. The maximum Gasteiger partial charge on any atom is 0.248 e. The van der Waals surface area contributed by atoms with Crippen LogP contribution < -0.4 is 5.32 Å². The summed E-state index contributed by atoms with van der Waals surface area (Å²) in [5.41, 5.74) is 0. The van der Waals surface area contributed by atoms with Gasteiger partial charge in [0.05, 0.1) is 6.20 Å². The predicted octanol–water partition coefficient (Wildman–Crippen LogP) is 0.416. The SMILES string of the molecule is C[C@H](NC(=O)Cn1ccnn1)c1nc(C2CC2)no1. The van der Waals surface area contributed by atoms with Crippen LogP contribution in [0.2, 0.25) is 0 Å². The summed E-state index contributed by atoms with van der Waals surface area (Å²) in [4.78, 5) is 16.1. The van der Waals surface area contributed by atoms with Crippen molar-refractivity contribution in [2.45, 2.75) is 38.3 Å². The van der Waals surface area contributed by atoms with E-state index in [-0.39, 0.29) is 18.5 Å². The zero-order chi connectivity index (χ0) is 13.2. The smallest absolute Gasteiger partial charge is 0.248 e. The first-order valence-electron chi connectivity index (χ1n) is 6.19. The molecule has 0 aliphatic heterocycles. The van der Waals surface area contributed by atoms with E-state index in [9.17, 15) is 4.79 Å². The van der Waals surface area contributed by atoms with E-state index in [1.54, 1.807) is 6.20 Å². The van der Waals surface area contributed by atoms with Crippen molar-refractivity contribution in [1.29, 1.82) is 0 Å². The lowest BCUT2D eigenvalue weighted by molar-refractivity contribution is -0.122. The van der Waals surface area contributed by atoms with Crippen molar-refractivity contribution in [1.82, 2.24) is 30.5 Å². The number of hydrogen-bond donors (Lipinski definition) is 1. The molecule has 1 atom stereocenters. The Kier molecular flexibility index (Phi) is 2.98. The van der Waals surface area contributed by atoms with Gasteiger partial charge in [-0.3, -0.25) is 4.79 Å². The van der Waals surface area contributed by atoms with Crippen molar-refractivity contribution in [3.63, 3.8) is 0 Å². The highest BCUT2D eigenvalue weighted by Crippen LogP contribution is 2.38. The molecule has 0 bridgehead atoms.